The smallest absolute Gasteiger partial charge is 0.129 e. The Labute approximate surface area is 172 Å². The van der Waals surface area contributed by atoms with Gasteiger partial charge < -0.3 is 14.2 Å². The Balaban J connectivity index is 1.73. The minimum atomic E-state index is -0.00376. The molecule has 0 aliphatic carbocycles. The van der Waals surface area contributed by atoms with Crippen molar-refractivity contribution in [1.82, 2.24) is 14.5 Å². The number of ether oxygens (including phenoxy) is 1. The highest BCUT2D eigenvalue weighted by atomic mass is 16.5. The second-order valence-electron chi connectivity index (χ2n) is 8.95. The van der Waals surface area contributed by atoms with Gasteiger partial charge in [-0.25, -0.2) is 4.98 Å². The molecule has 2 aromatic carbocycles. The van der Waals surface area contributed by atoms with Gasteiger partial charge in [0.25, 0.3) is 0 Å². The molecule has 3 aromatic rings. The van der Waals surface area contributed by atoms with Crippen LogP contribution in [-0.4, -0.2) is 26.9 Å². The minimum absolute atomic E-state index is 0.00376. The fourth-order valence-corrected chi connectivity index (χ4v) is 4.18. The van der Waals surface area contributed by atoms with E-state index in [1.165, 1.54) is 11.1 Å². The Hall–Kier alpha value is -2.82. The van der Waals surface area contributed by atoms with E-state index >= 15 is 0 Å². The molecular weight excluding hydrogens is 360 g/mol. The first-order chi connectivity index (χ1) is 13.7. The lowest BCUT2D eigenvalue weighted by Gasteiger charge is -2.29. The topological polar surface area (TPSA) is 54.1 Å². The molecule has 0 saturated heterocycles. The number of hydrogen-bond donors (Lipinski definition) is 1. The Morgan fingerprint density at radius 1 is 1.21 bits per heavy atom. The van der Waals surface area contributed by atoms with Crippen molar-refractivity contribution >= 4 is 16.9 Å². The van der Waals surface area contributed by atoms with E-state index in [0.29, 0.717) is 12.4 Å². The highest BCUT2D eigenvalue weighted by Crippen LogP contribution is 2.37. The van der Waals surface area contributed by atoms with Gasteiger partial charge in [0.2, 0.25) is 0 Å². The van der Waals surface area contributed by atoms with Crippen LogP contribution in [0.4, 0.5) is 0 Å². The number of imidazole rings is 1. The molecule has 0 amide bonds. The number of rotatable bonds is 4. The normalized spacial score (nSPS) is 15.1. The van der Waals surface area contributed by atoms with Gasteiger partial charge in [-0.3, -0.25) is 5.41 Å². The molecule has 0 saturated carbocycles. The predicted octanol–water partition coefficient (Wildman–Crippen LogP) is 5.17. The van der Waals surface area contributed by atoms with Gasteiger partial charge in [0.15, 0.2) is 0 Å². The molecule has 1 aliphatic rings. The Morgan fingerprint density at radius 2 is 1.97 bits per heavy atom. The molecule has 29 heavy (non-hydrogen) atoms. The van der Waals surface area contributed by atoms with E-state index in [-0.39, 0.29) is 11.5 Å². The molecule has 5 nitrogen and oxygen atoms in total. The maximum Gasteiger partial charge on any atom is 0.129 e. The highest BCUT2D eigenvalue weighted by Gasteiger charge is 2.30. The molecule has 1 aliphatic heterocycles. The summed E-state index contributed by atoms with van der Waals surface area (Å²) >= 11 is 0. The molecule has 1 N–H and O–H groups in total. The van der Waals surface area contributed by atoms with Crippen LogP contribution in [0.1, 0.15) is 62.9 Å². The van der Waals surface area contributed by atoms with Crippen LogP contribution in [0.25, 0.3) is 11.0 Å². The van der Waals surface area contributed by atoms with Gasteiger partial charge in [-0.05, 0) is 60.2 Å². The van der Waals surface area contributed by atoms with Crippen molar-refractivity contribution in [2.45, 2.75) is 52.6 Å². The van der Waals surface area contributed by atoms with E-state index in [1.807, 2.05) is 32.4 Å². The van der Waals surface area contributed by atoms with Gasteiger partial charge in [-0.15, -0.1) is 0 Å². The van der Waals surface area contributed by atoms with E-state index < -0.39 is 0 Å². The van der Waals surface area contributed by atoms with E-state index in [9.17, 15) is 0 Å². The largest absolute Gasteiger partial charge is 0.494 e. The Kier molecular flexibility index (Phi) is 4.64. The molecule has 0 fully saturated rings. The summed E-state index contributed by atoms with van der Waals surface area (Å²) in [4.78, 5) is 6.82. The van der Waals surface area contributed by atoms with Crippen molar-refractivity contribution in [1.29, 1.82) is 5.41 Å². The zero-order valence-electron chi connectivity index (χ0n) is 18.2. The number of nitrogens with zero attached hydrogens (tertiary/aromatic N) is 3. The molecule has 0 radical (unpaired) electrons. The van der Waals surface area contributed by atoms with Gasteiger partial charge in [0, 0.05) is 19.2 Å². The third-order valence-corrected chi connectivity index (χ3v) is 5.88. The molecule has 0 spiro atoms. The van der Waals surface area contributed by atoms with Crippen LogP contribution in [0, 0.1) is 5.41 Å². The van der Waals surface area contributed by atoms with Crippen molar-refractivity contribution in [2.75, 3.05) is 6.61 Å². The summed E-state index contributed by atoms with van der Waals surface area (Å²) in [5, 5.41) is 8.76. The highest BCUT2D eigenvalue weighted by molar-refractivity contribution is 6.00. The van der Waals surface area contributed by atoms with E-state index in [2.05, 4.69) is 60.3 Å². The summed E-state index contributed by atoms with van der Waals surface area (Å²) in [7, 11) is 2.04. The standard InChI is InChI=1S/C24H30N4O/c1-7-29-18-8-9-19-17(10-18)13-28(23(19)25)15(2)16-11-20(24(3,4)5)22-21(12-16)27(6)14-26-22/h8-12,14-15,25H,7,13H2,1-6H3. The van der Waals surface area contributed by atoms with Crippen molar-refractivity contribution < 1.29 is 4.74 Å². The predicted molar refractivity (Wildman–Crippen MR) is 118 cm³/mol. The van der Waals surface area contributed by atoms with Crippen LogP contribution in [-0.2, 0) is 19.0 Å². The number of hydrogen-bond acceptors (Lipinski definition) is 3. The number of aryl methyl sites for hydroxylation is 1. The Morgan fingerprint density at radius 3 is 2.66 bits per heavy atom. The first-order valence-electron chi connectivity index (χ1n) is 10.3. The lowest BCUT2D eigenvalue weighted by molar-refractivity contribution is 0.333. The second kappa shape index (κ2) is 6.90. The summed E-state index contributed by atoms with van der Waals surface area (Å²) < 4.78 is 7.74. The van der Waals surface area contributed by atoms with Crippen molar-refractivity contribution in [3.63, 3.8) is 0 Å². The van der Waals surface area contributed by atoms with Crippen LogP contribution < -0.4 is 4.74 Å². The number of benzene rings is 2. The first-order valence-corrected chi connectivity index (χ1v) is 10.3. The molecule has 5 heteroatoms. The van der Waals surface area contributed by atoms with E-state index in [0.717, 1.165) is 34.5 Å². The van der Waals surface area contributed by atoms with Gasteiger partial charge in [0.05, 0.1) is 30.0 Å². The van der Waals surface area contributed by atoms with Crippen LogP contribution in [0.15, 0.2) is 36.7 Å². The van der Waals surface area contributed by atoms with Crippen LogP contribution in [0.3, 0.4) is 0 Å². The number of amidine groups is 1. The molecule has 2 heterocycles. The number of aromatic nitrogens is 2. The van der Waals surface area contributed by atoms with Crippen molar-refractivity contribution in [3.8, 4) is 5.75 Å². The lowest BCUT2D eigenvalue weighted by atomic mass is 9.84. The maximum atomic E-state index is 8.76. The molecule has 152 valence electrons. The van der Waals surface area contributed by atoms with Crippen LogP contribution in [0.2, 0.25) is 0 Å². The fourth-order valence-electron chi connectivity index (χ4n) is 4.18. The lowest BCUT2D eigenvalue weighted by Crippen LogP contribution is -2.27. The second-order valence-corrected chi connectivity index (χ2v) is 8.95. The summed E-state index contributed by atoms with van der Waals surface area (Å²) in [6.07, 6.45) is 1.89. The summed E-state index contributed by atoms with van der Waals surface area (Å²) in [5.74, 6) is 1.46. The average Bonchev–Trinajstić information content (AvgIpc) is 3.20. The zero-order valence-corrected chi connectivity index (χ0v) is 18.2. The minimum Gasteiger partial charge on any atom is -0.494 e. The summed E-state index contributed by atoms with van der Waals surface area (Å²) in [6.45, 7) is 12.2. The SMILES string of the molecule is CCOc1ccc2c(c1)CN(C(C)c1cc(C(C)(C)C)c3ncn(C)c3c1)C2=N. The van der Waals surface area contributed by atoms with E-state index in [1.54, 1.807) is 0 Å². The summed E-state index contributed by atoms with van der Waals surface area (Å²) in [6, 6.07) is 10.6. The van der Waals surface area contributed by atoms with Gasteiger partial charge >= 0.3 is 0 Å². The van der Waals surface area contributed by atoms with E-state index in [4.69, 9.17) is 10.1 Å². The fraction of sp³-hybridized carbons (Fsp3) is 0.417. The zero-order chi connectivity index (χ0) is 20.9. The quantitative estimate of drug-likeness (QED) is 0.668. The van der Waals surface area contributed by atoms with Crippen LogP contribution in [0.5, 0.6) is 5.75 Å². The van der Waals surface area contributed by atoms with Crippen molar-refractivity contribution in [2.24, 2.45) is 7.05 Å². The molecular formula is C24H30N4O. The van der Waals surface area contributed by atoms with Crippen molar-refractivity contribution in [3.05, 3.63) is 58.9 Å². The van der Waals surface area contributed by atoms with Gasteiger partial charge in [-0.2, -0.15) is 0 Å². The number of nitrogens with one attached hydrogen (secondary N) is 1. The molecule has 4 rings (SSSR count). The number of fused-ring (bicyclic) bond motifs is 2. The van der Waals surface area contributed by atoms with Gasteiger partial charge in [-0.1, -0.05) is 26.8 Å². The Bertz CT molecular complexity index is 1090. The monoisotopic (exact) mass is 390 g/mol. The summed E-state index contributed by atoms with van der Waals surface area (Å²) in [5.41, 5.74) is 6.82. The first kappa shape index (κ1) is 19.5. The maximum absolute atomic E-state index is 8.76. The van der Waals surface area contributed by atoms with Crippen LogP contribution >= 0.6 is 0 Å². The molecule has 1 unspecified atom stereocenters. The third kappa shape index (κ3) is 3.28. The van der Waals surface area contributed by atoms with Gasteiger partial charge in [0.1, 0.15) is 11.6 Å². The molecule has 0 bridgehead atoms. The molecule has 1 atom stereocenters. The third-order valence-electron chi connectivity index (χ3n) is 5.88. The average molecular weight is 391 g/mol. The molecule has 1 aromatic heterocycles.